The summed E-state index contributed by atoms with van der Waals surface area (Å²) in [4.78, 5) is 4.37. The molecule has 0 bridgehead atoms. The highest BCUT2D eigenvalue weighted by Gasteiger charge is 2.12. The maximum atomic E-state index is 6.16. The summed E-state index contributed by atoms with van der Waals surface area (Å²) in [7, 11) is 0. The summed E-state index contributed by atoms with van der Waals surface area (Å²) in [5.74, 6) is 0. The molecule has 0 amide bonds. The van der Waals surface area contributed by atoms with Gasteiger partial charge in [0, 0.05) is 6.20 Å². The van der Waals surface area contributed by atoms with Crippen molar-refractivity contribution < 1.29 is 4.42 Å². The molecule has 0 saturated heterocycles. The monoisotopic (exact) mass is 216 g/mol. The SMILES string of the molecule is CCc1cccnc1C(N)Cc1ccoc1. The van der Waals surface area contributed by atoms with Gasteiger partial charge < -0.3 is 10.2 Å². The van der Waals surface area contributed by atoms with Gasteiger partial charge in [0.2, 0.25) is 0 Å². The first-order valence-corrected chi connectivity index (χ1v) is 5.51. The molecule has 0 saturated carbocycles. The summed E-state index contributed by atoms with van der Waals surface area (Å²) < 4.78 is 5.03. The topological polar surface area (TPSA) is 52.0 Å². The van der Waals surface area contributed by atoms with E-state index in [0.29, 0.717) is 0 Å². The van der Waals surface area contributed by atoms with E-state index in [2.05, 4.69) is 18.0 Å². The second-order valence-corrected chi connectivity index (χ2v) is 3.84. The van der Waals surface area contributed by atoms with E-state index < -0.39 is 0 Å². The highest BCUT2D eigenvalue weighted by Crippen LogP contribution is 2.18. The molecule has 2 aromatic rings. The second-order valence-electron chi connectivity index (χ2n) is 3.84. The Morgan fingerprint density at radius 3 is 3.00 bits per heavy atom. The molecule has 2 rings (SSSR count). The Hall–Kier alpha value is -1.61. The Labute approximate surface area is 95.3 Å². The number of hydrogen-bond donors (Lipinski definition) is 1. The zero-order valence-electron chi connectivity index (χ0n) is 9.39. The van der Waals surface area contributed by atoms with E-state index in [1.807, 2.05) is 12.1 Å². The minimum absolute atomic E-state index is 0.0613. The maximum absolute atomic E-state index is 6.16. The summed E-state index contributed by atoms with van der Waals surface area (Å²) >= 11 is 0. The number of pyridine rings is 1. The van der Waals surface area contributed by atoms with Crippen molar-refractivity contribution in [2.75, 3.05) is 0 Å². The number of furan rings is 1. The summed E-state index contributed by atoms with van der Waals surface area (Å²) in [5.41, 5.74) is 9.48. The van der Waals surface area contributed by atoms with Crippen LogP contribution in [0.25, 0.3) is 0 Å². The lowest BCUT2D eigenvalue weighted by Gasteiger charge is -2.13. The van der Waals surface area contributed by atoms with Crippen LogP contribution in [0.15, 0.2) is 41.3 Å². The zero-order valence-corrected chi connectivity index (χ0v) is 9.39. The van der Waals surface area contributed by atoms with Crippen molar-refractivity contribution in [2.45, 2.75) is 25.8 Å². The predicted molar refractivity (Wildman–Crippen MR) is 63.0 cm³/mol. The van der Waals surface area contributed by atoms with Crippen LogP contribution in [0, 0.1) is 0 Å². The van der Waals surface area contributed by atoms with Crippen LogP contribution in [-0.2, 0) is 12.8 Å². The van der Waals surface area contributed by atoms with Gasteiger partial charge in [-0.25, -0.2) is 0 Å². The van der Waals surface area contributed by atoms with Crippen molar-refractivity contribution in [1.29, 1.82) is 0 Å². The summed E-state index contributed by atoms with van der Waals surface area (Å²) in [6.07, 6.45) is 6.92. The Morgan fingerprint density at radius 2 is 2.31 bits per heavy atom. The fourth-order valence-electron chi connectivity index (χ4n) is 1.84. The molecule has 3 heteroatoms. The first-order chi connectivity index (χ1) is 7.81. The van der Waals surface area contributed by atoms with Crippen LogP contribution in [0.2, 0.25) is 0 Å². The predicted octanol–water partition coefficient (Wildman–Crippen LogP) is 2.48. The smallest absolute Gasteiger partial charge is 0.0935 e. The number of aryl methyl sites for hydroxylation is 1. The molecular formula is C13H16N2O. The third-order valence-corrected chi connectivity index (χ3v) is 2.69. The van der Waals surface area contributed by atoms with Crippen molar-refractivity contribution in [2.24, 2.45) is 5.73 Å². The largest absolute Gasteiger partial charge is 0.472 e. The van der Waals surface area contributed by atoms with Crippen LogP contribution < -0.4 is 5.73 Å². The van der Waals surface area contributed by atoms with Crippen LogP contribution in [0.4, 0.5) is 0 Å². The molecule has 0 aromatic carbocycles. The first kappa shape index (κ1) is 10.9. The van der Waals surface area contributed by atoms with Crippen molar-refractivity contribution in [3.63, 3.8) is 0 Å². The third-order valence-electron chi connectivity index (χ3n) is 2.69. The molecule has 16 heavy (non-hydrogen) atoms. The maximum Gasteiger partial charge on any atom is 0.0935 e. The van der Waals surface area contributed by atoms with Crippen molar-refractivity contribution in [3.8, 4) is 0 Å². The molecule has 2 N–H and O–H groups in total. The Bertz CT molecular complexity index is 437. The van der Waals surface area contributed by atoms with Gasteiger partial charge in [-0.3, -0.25) is 4.98 Å². The lowest BCUT2D eigenvalue weighted by atomic mass is 10.0. The molecule has 2 heterocycles. The Morgan fingerprint density at radius 1 is 1.44 bits per heavy atom. The van der Waals surface area contributed by atoms with Gasteiger partial charge >= 0.3 is 0 Å². The number of nitrogens with zero attached hydrogens (tertiary/aromatic N) is 1. The molecule has 1 unspecified atom stereocenters. The van der Waals surface area contributed by atoms with Crippen molar-refractivity contribution >= 4 is 0 Å². The van der Waals surface area contributed by atoms with Gasteiger partial charge in [0.15, 0.2) is 0 Å². The fraction of sp³-hybridized carbons (Fsp3) is 0.308. The molecule has 0 spiro atoms. The van der Waals surface area contributed by atoms with E-state index in [0.717, 1.165) is 24.1 Å². The number of rotatable bonds is 4. The van der Waals surface area contributed by atoms with Gasteiger partial charge in [0.25, 0.3) is 0 Å². The molecular weight excluding hydrogens is 200 g/mol. The van der Waals surface area contributed by atoms with Gasteiger partial charge in [-0.05, 0) is 36.1 Å². The lowest BCUT2D eigenvalue weighted by molar-refractivity contribution is 0.560. The van der Waals surface area contributed by atoms with Gasteiger partial charge in [-0.1, -0.05) is 13.0 Å². The van der Waals surface area contributed by atoms with Crippen LogP contribution in [-0.4, -0.2) is 4.98 Å². The highest BCUT2D eigenvalue weighted by molar-refractivity contribution is 5.24. The van der Waals surface area contributed by atoms with E-state index in [-0.39, 0.29) is 6.04 Å². The molecule has 2 aromatic heterocycles. The van der Waals surface area contributed by atoms with E-state index in [9.17, 15) is 0 Å². The average molecular weight is 216 g/mol. The van der Waals surface area contributed by atoms with Crippen molar-refractivity contribution in [3.05, 3.63) is 53.7 Å². The molecule has 0 aliphatic rings. The van der Waals surface area contributed by atoms with Crippen LogP contribution in [0.1, 0.15) is 29.8 Å². The molecule has 0 fully saturated rings. The van der Waals surface area contributed by atoms with E-state index >= 15 is 0 Å². The van der Waals surface area contributed by atoms with E-state index in [1.165, 1.54) is 5.56 Å². The number of nitrogens with two attached hydrogens (primary N) is 1. The molecule has 0 aliphatic carbocycles. The lowest BCUT2D eigenvalue weighted by Crippen LogP contribution is -2.16. The van der Waals surface area contributed by atoms with Gasteiger partial charge in [-0.15, -0.1) is 0 Å². The van der Waals surface area contributed by atoms with Gasteiger partial charge in [0.1, 0.15) is 0 Å². The average Bonchev–Trinajstić information content (AvgIpc) is 2.81. The van der Waals surface area contributed by atoms with Gasteiger partial charge in [0.05, 0.1) is 24.3 Å². The third kappa shape index (κ3) is 2.31. The minimum atomic E-state index is -0.0613. The Kier molecular flexibility index (Phi) is 3.37. The molecule has 1 atom stereocenters. The number of aromatic nitrogens is 1. The standard InChI is InChI=1S/C13H16N2O/c1-2-11-4-3-6-15-13(11)12(14)8-10-5-7-16-9-10/h3-7,9,12H,2,8,14H2,1H3. The summed E-state index contributed by atoms with van der Waals surface area (Å²) in [6, 6.07) is 5.91. The summed E-state index contributed by atoms with van der Waals surface area (Å²) in [6.45, 7) is 2.12. The zero-order chi connectivity index (χ0) is 11.4. The molecule has 0 aliphatic heterocycles. The van der Waals surface area contributed by atoms with Crippen molar-refractivity contribution in [1.82, 2.24) is 4.98 Å². The van der Waals surface area contributed by atoms with Crippen LogP contribution >= 0.6 is 0 Å². The number of hydrogen-bond acceptors (Lipinski definition) is 3. The van der Waals surface area contributed by atoms with Crippen LogP contribution in [0.3, 0.4) is 0 Å². The molecule has 84 valence electrons. The minimum Gasteiger partial charge on any atom is -0.472 e. The Balaban J connectivity index is 2.17. The van der Waals surface area contributed by atoms with E-state index in [1.54, 1.807) is 18.7 Å². The highest BCUT2D eigenvalue weighted by atomic mass is 16.3. The second kappa shape index (κ2) is 4.94. The summed E-state index contributed by atoms with van der Waals surface area (Å²) in [5, 5.41) is 0. The molecule has 3 nitrogen and oxygen atoms in total. The van der Waals surface area contributed by atoms with Gasteiger partial charge in [-0.2, -0.15) is 0 Å². The fourth-order valence-corrected chi connectivity index (χ4v) is 1.84. The quantitative estimate of drug-likeness (QED) is 0.854. The normalized spacial score (nSPS) is 12.6. The first-order valence-electron chi connectivity index (χ1n) is 5.51. The van der Waals surface area contributed by atoms with E-state index in [4.69, 9.17) is 10.2 Å². The van der Waals surface area contributed by atoms with Crippen LogP contribution in [0.5, 0.6) is 0 Å². The molecule has 0 radical (unpaired) electrons.